The molecule has 4 aromatic rings. The molecule has 0 unspecified atom stereocenters. The molecule has 0 radical (unpaired) electrons. The number of fused-ring (bicyclic) bond motifs is 2. The Morgan fingerprint density at radius 2 is 1.95 bits per heavy atom. The number of nitrogens with zero attached hydrogens (tertiary/aromatic N) is 5. The molecule has 3 heterocycles. The predicted molar refractivity (Wildman–Crippen MR) is 72.2 cm³/mol. The Hall–Kier alpha value is -3.03. The highest BCUT2D eigenvalue weighted by Crippen LogP contribution is 2.08. The molecule has 0 aliphatic carbocycles. The van der Waals surface area contributed by atoms with Gasteiger partial charge in [-0.05, 0) is 24.6 Å². The molecule has 0 bridgehead atoms. The van der Waals surface area contributed by atoms with Gasteiger partial charge in [0.05, 0.1) is 0 Å². The first kappa shape index (κ1) is 12.0. The van der Waals surface area contributed by atoms with Crippen molar-refractivity contribution in [3.63, 3.8) is 0 Å². The van der Waals surface area contributed by atoms with Crippen molar-refractivity contribution in [2.75, 3.05) is 0 Å². The van der Waals surface area contributed by atoms with Crippen LogP contribution in [0.1, 0.15) is 5.56 Å². The smallest absolute Gasteiger partial charge is 0.273 e. The highest BCUT2D eigenvalue weighted by Gasteiger charge is 1.95. The van der Waals surface area contributed by atoms with E-state index in [4.69, 9.17) is 0 Å². The fourth-order valence-electron chi connectivity index (χ4n) is 1.71. The lowest BCUT2D eigenvalue weighted by Gasteiger charge is -1.87. The zero-order chi connectivity index (χ0) is 13.9. The molecule has 0 amide bonds. The fourth-order valence-corrected chi connectivity index (χ4v) is 1.71. The van der Waals surface area contributed by atoms with Crippen LogP contribution in [0.5, 0.6) is 0 Å². The van der Waals surface area contributed by atoms with Gasteiger partial charge in [0.1, 0.15) is 17.4 Å². The minimum absolute atomic E-state index is 0.150. The molecule has 2 N–H and O–H groups in total. The summed E-state index contributed by atoms with van der Waals surface area (Å²) >= 11 is 0. The zero-order valence-electron chi connectivity index (χ0n) is 10.6. The second-order valence-corrected chi connectivity index (χ2v) is 4.12. The number of hydrogen-bond donors (Lipinski definition) is 2. The number of aryl methyl sites for hydroxylation is 1. The Balaban J connectivity index is 0.000000121. The number of benzene rings is 1. The lowest BCUT2D eigenvalue weighted by molar-refractivity contribution is 0.899. The predicted octanol–water partition coefficient (Wildman–Crippen LogP) is 0.684. The van der Waals surface area contributed by atoms with Crippen molar-refractivity contribution >= 4 is 16.8 Å². The lowest BCUT2D eigenvalue weighted by Crippen LogP contribution is -2.12. The topological polar surface area (TPSA) is 105 Å². The number of nitrogens with one attached hydrogen (secondary N) is 2. The molecule has 20 heavy (non-hydrogen) atoms. The third-order valence-electron chi connectivity index (χ3n) is 2.67. The Morgan fingerprint density at radius 3 is 2.80 bits per heavy atom. The molecule has 0 aliphatic rings. The van der Waals surface area contributed by atoms with Crippen LogP contribution in [0.3, 0.4) is 0 Å². The van der Waals surface area contributed by atoms with Crippen molar-refractivity contribution < 1.29 is 0 Å². The summed E-state index contributed by atoms with van der Waals surface area (Å²) in [5, 5.41) is 13.1. The van der Waals surface area contributed by atoms with Crippen LogP contribution in [0.4, 0.5) is 0 Å². The number of H-pyrrole nitrogens is 2. The summed E-state index contributed by atoms with van der Waals surface area (Å²) in [4.78, 5) is 18.5. The van der Waals surface area contributed by atoms with Gasteiger partial charge < -0.3 is 0 Å². The molecule has 8 heteroatoms. The summed E-state index contributed by atoms with van der Waals surface area (Å²) in [5.74, 6) is 0.396. The van der Waals surface area contributed by atoms with E-state index in [1.165, 1.54) is 28.7 Å². The SMILES string of the molecule is Cc1ccc2n[nH]nc2c1.O=c1ccnc2nc[nH]n12. The maximum absolute atomic E-state index is 10.9. The second kappa shape index (κ2) is 4.92. The van der Waals surface area contributed by atoms with E-state index in [1.54, 1.807) is 0 Å². The summed E-state index contributed by atoms with van der Waals surface area (Å²) in [6.07, 6.45) is 2.85. The van der Waals surface area contributed by atoms with E-state index >= 15 is 0 Å². The summed E-state index contributed by atoms with van der Waals surface area (Å²) in [7, 11) is 0. The van der Waals surface area contributed by atoms with Crippen LogP contribution < -0.4 is 5.56 Å². The van der Waals surface area contributed by atoms with Crippen LogP contribution in [0.2, 0.25) is 0 Å². The first-order valence-electron chi connectivity index (χ1n) is 5.88. The monoisotopic (exact) mass is 269 g/mol. The Morgan fingerprint density at radius 1 is 1.10 bits per heavy atom. The normalized spacial score (nSPS) is 10.4. The van der Waals surface area contributed by atoms with E-state index in [0.717, 1.165) is 11.0 Å². The van der Waals surface area contributed by atoms with Crippen molar-refractivity contribution in [1.82, 2.24) is 35.0 Å². The number of rotatable bonds is 0. The third-order valence-corrected chi connectivity index (χ3v) is 2.67. The minimum atomic E-state index is -0.150. The number of aromatic nitrogens is 7. The number of aromatic amines is 2. The molecule has 0 atom stereocenters. The molecule has 0 spiro atoms. The van der Waals surface area contributed by atoms with Gasteiger partial charge in [0.25, 0.3) is 11.3 Å². The van der Waals surface area contributed by atoms with Gasteiger partial charge in [-0.25, -0.2) is 9.97 Å². The van der Waals surface area contributed by atoms with E-state index < -0.39 is 0 Å². The molecule has 100 valence electrons. The van der Waals surface area contributed by atoms with Crippen LogP contribution in [-0.4, -0.2) is 35.0 Å². The summed E-state index contributed by atoms with van der Waals surface area (Å²) < 4.78 is 1.26. The maximum atomic E-state index is 10.9. The Labute approximate surface area is 112 Å². The van der Waals surface area contributed by atoms with Crippen LogP contribution in [0, 0.1) is 6.92 Å². The van der Waals surface area contributed by atoms with Crippen LogP contribution >= 0.6 is 0 Å². The van der Waals surface area contributed by atoms with Gasteiger partial charge in [0, 0.05) is 12.3 Å². The average molecular weight is 269 g/mol. The lowest BCUT2D eigenvalue weighted by atomic mass is 10.2. The molecule has 4 rings (SSSR count). The van der Waals surface area contributed by atoms with E-state index in [1.807, 2.05) is 25.1 Å². The first-order valence-corrected chi connectivity index (χ1v) is 5.88. The fraction of sp³-hybridized carbons (Fsp3) is 0.0833. The van der Waals surface area contributed by atoms with Crippen LogP contribution in [0.15, 0.2) is 41.6 Å². The average Bonchev–Trinajstić information content (AvgIpc) is 3.07. The third kappa shape index (κ3) is 2.26. The van der Waals surface area contributed by atoms with Crippen molar-refractivity contribution in [2.45, 2.75) is 6.92 Å². The van der Waals surface area contributed by atoms with Crippen molar-refractivity contribution in [3.8, 4) is 0 Å². The molecule has 3 aromatic heterocycles. The Bertz CT molecular complexity index is 904. The van der Waals surface area contributed by atoms with Gasteiger partial charge in [-0.3, -0.25) is 9.89 Å². The largest absolute Gasteiger partial charge is 0.278 e. The molecular weight excluding hydrogens is 258 g/mol. The van der Waals surface area contributed by atoms with E-state index in [9.17, 15) is 4.79 Å². The molecule has 0 aliphatic heterocycles. The second-order valence-electron chi connectivity index (χ2n) is 4.12. The molecule has 1 aromatic carbocycles. The first-order chi connectivity index (χ1) is 9.74. The highest BCUT2D eigenvalue weighted by molar-refractivity contribution is 5.73. The molecule has 0 saturated heterocycles. The van der Waals surface area contributed by atoms with E-state index in [0.29, 0.717) is 5.78 Å². The molecule has 0 saturated carbocycles. The number of hydrogen-bond acceptors (Lipinski definition) is 5. The van der Waals surface area contributed by atoms with Gasteiger partial charge in [-0.2, -0.15) is 19.9 Å². The summed E-state index contributed by atoms with van der Waals surface area (Å²) in [5.41, 5.74) is 2.91. The standard InChI is InChI=1S/C7H7N3.C5H4N4O/c1-5-2-3-6-7(4-5)9-10-8-6;10-4-1-2-6-5-7-3-8-9(4)5/h2-4H,1H3,(H,8,9,10);1-3H,(H,6,7,8). The van der Waals surface area contributed by atoms with Crippen LogP contribution in [0.25, 0.3) is 16.8 Å². The van der Waals surface area contributed by atoms with Gasteiger partial charge in [-0.15, -0.1) is 0 Å². The van der Waals surface area contributed by atoms with E-state index in [-0.39, 0.29) is 5.56 Å². The summed E-state index contributed by atoms with van der Waals surface area (Å²) in [6.45, 7) is 2.04. The zero-order valence-corrected chi connectivity index (χ0v) is 10.6. The molecule has 0 fully saturated rings. The van der Waals surface area contributed by atoms with Gasteiger partial charge in [0.15, 0.2) is 0 Å². The minimum Gasteiger partial charge on any atom is -0.278 e. The Kier molecular flexibility index (Phi) is 2.96. The maximum Gasteiger partial charge on any atom is 0.273 e. The van der Waals surface area contributed by atoms with E-state index in [2.05, 4.69) is 30.5 Å². The van der Waals surface area contributed by atoms with Crippen LogP contribution in [-0.2, 0) is 0 Å². The van der Waals surface area contributed by atoms with Crippen molar-refractivity contribution in [1.29, 1.82) is 0 Å². The van der Waals surface area contributed by atoms with Gasteiger partial charge in [-0.1, -0.05) is 6.07 Å². The van der Waals surface area contributed by atoms with Gasteiger partial charge >= 0.3 is 0 Å². The quantitative estimate of drug-likeness (QED) is 0.488. The summed E-state index contributed by atoms with van der Waals surface area (Å²) in [6, 6.07) is 7.34. The van der Waals surface area contributed by atoms with Crippen molar-refractivity contribution in [2.24, 2.45) is 0 Å². The molecular formula is C12H11N7O. The van der Waals surface area contributed by atoms with Crippen molar-refractivity contribution in [3.05, 3.63) is 52.7 Å². The highest BCUT2D eigenvalue weighted by atomic mass is 16.1. The molecule has 8 nitrogen and oxygen atoms in total. The van der Waals surface area contributed by atoms with Gasteiger partial charge in [0.2, 0.25) is 0 Å².